The average molecular weight is 249 g/mol. The molecule has 0 saturated heterocycles. The summed E-state index contributed by atoms with van der Waals surface area (Å²) in [4.78, 5) is 10.4. The third-order valence-corrected chi connectivity index (χ3v) is 2.53. The Balaban J connectivity index is 0. The number of primary amides is 1. The van der Waals surface area contributed by atoms with E-state index in [2.05, 4.69) is 19.8 Å². The van der Waals surface area contributed by atoms with E-state index in [9.17, 15) is 4.79 Å². The minimum atomic E-state index is -0.159. The van der Waals surface area contributed by atoms with Crippen molar-refractivity contribution < 1.29 is 9.35 Å². The van der Waals surface area contributed by atoms with Crippen LogP contribution in [0.5, 0.6) is 0 Å². The van der Waals surface area contributed by atoms with Gasteiger partial charge >= 0.3 is 0 Å². The van der Waals surface area contributed by atoms with Gasteiger partial charge < -0.3 is 10.3 Å². The molecule has 0 heterocycles. The summed E-state index contributed by atoms with van der Waals surface area (Å²) in [6.45, 7) is 2.24. The van der Waals surface area contributed by atoms with Crippen molar-refractivity contribution in [2.75, 3.05) is 0 Å². The Kier molecular flexibility index (Phi) is 19.5. The second kappa shape index (κ2) is 17.2. The van der Waals surface area contributed by atoms with Gasteiger partial charge in [0, 0.05) is 6.42 Å². The summed E-state index contributed by atoms with van der Waals surface area (Å²) < 4.78 is 6.69. The van der Waals surface area contributed by atoms with E-state index in [-0.39, 0.29) is 5.91 Å². The van der Waals surface area contributed by atoms with Gasteiger partial charge in [0.05, 0.1) is 0 Å². The van der Waals surface area contributed by atoms with Gasteiger partial charge in [-0.05, 0) is 19.3 Å². The van der Waals surface area contributed by atoms with Crippen LogP contribution in [0.1, 0.15) is 71.1 Å². The van der Waals surface area contributed by atoms with Crippen molar-refractivity contribution >= 4 is 18.8 Å². The normalized spacial score (nSPS) is 9.44. The lowest BCUT2D eigenvalue weighted by Crippen LogP contribution is -2.09. The highest BCUT2D eigenvalue weighted by Gasteiger charge is 1.94. The molecule has 0 aliphatic rings. The second-order valence-corrected chi connectivity index (χ2v) is 4.04. The summed E-state index contributed by atoms with van der Waals surface area (Å²) in [5.41, 5.74) is 5.05. The summed E-state index contributed by atoms with van der Waals surface area (Å²) in [5.74, 6) is -0.159. The number of amides is 1. The van der Waals surface area contributed by atoms with Crippen molar-refractivity contribution in [1.29, 1.82) is 0 Å². The van der Waals surface area contributed by atoms with Gasteiger partial charge in [-0.15, -0.1) is 0 Å². The zero-order valence-electron chi connectivity index (χ0n) is 10.5. The number of nitrogens with two attached hydrogens (primary N) is 1. The van der Waals surface area contributed by atoms with Gasteiger partial charge in [0.15, 0.2) is 0 Å². The van der Waals surface area contributed by atoms with E-state index in [0.717, 1.165) is 12.8 Å². The lowest BCUT2D eigenvalue weighted by Gasteiger charge is -2.00. The lowest BCUT2D eigenvalue weighted by molar-refractivity contribution is -0.118. The molecule has 0 radical (unpaired) electrons. The highest BCUT2D eigenvalue weighted by Crippen LogP contribution is 2.10. The Morgan fingerprint density at radius 1 is 0.938 bits per heavy atom. The highest BCUT2D eigenvalue weighted by molar-refractivity contribution is 7.74. The first-order chi connectivity index (χ1) is 7.77. The molecule has 0 aromatic heterocycles. The molecule has 0 unspecified atom stereocenters. The summed E-state index contributed by atoms with van der Waals surface area (Å²) in [7, 11) is 0. The molecule has 3 N–H and O–H groups in total. The zero-order valence-corrected chi connectivity index (χ0v) is 11.3. The first-order valence-corrected chi connectivity index (χ1v) is 6.65. The van der Waals surface area contributed by atoms with Gasteiger partial charge in [0.1, 0.15) is 0 Å². The van der Waals surface area contributed by atoms with Crippen LogP contribution in [0, 0.1) is 0 Å². The zero-order chi connectivity index (χ0) is 12.6. The fourth-order valence-corrected chi connectivity index (χ4v) is 1.61. The predicted octanol–water partition coefficient (Wildman–Crippen LogP) is 3.78. The molecule has 0 saturated carbocycles. The van der Waals surface area contributed by atoms with Gasteiger partial charge in [-0.2, -0.15) is 0 Å². The molecule has 0 aromatic rings. The molecule has 0 aliphatic heterocycles. The number of hydrogen-bond acceptors (Lipinski definition) is 3. The smallest absolute Gasteiger partial charge is 0.217 e. The van der Waals surface area contributed by atoms with E-state index in [1.807, 2.05) is 0 Å². The van der Waals surface area contributed by atoms with E-state index in [4.69, 9.17) is 10.3 Å². The molecular formula is C12H27NO2S. The van der Waals surface area contributed by atoms with Crippen molar-refractivity contribution in [3.63, 3.8) is 0 Å². The summed E-state index contributed by atoms with van der Waals surface area (Å²) in [5, 5.41) is 0. The molecule has 98 valence electrons. The molecule has 0 rings (SSSR count). The third kappa shape index (κ3) is 19.4. The van der Waals surface area contributed by atoms with Crippen LogP contribution in [0.4, 0.5) is 0 Å². The van der Waals surface area contributed by atoms with Crippen LogP contribution in [-0.2, 0) is 4.79 Å². The van der Waals surface area contributed by atoms with Gasteiger partial charge in [0.2, 0.25) is 5.91 Å². The minimum absolute atomic E-state index is 0.159. The Morgan fingerprint density at radius 2 is 1.31 bits per heavy atom. The fraction of sp³-hybridized carbons (Fsp3) is 0.917. The standard InChI is InChI=1S/C12H25NO.H2OS/c1-2-3-4-5-6-7-8-9-10-11-12(13)14;1-2/h2-11H2,1H3,(H2,13,14);1-2H. The maximum atomic E-state index is 10.4. The number of carbonyl (C=O) groups excluding carboxylic acids is 1. The summed E-state index contributed by atoms with van der Waals surface area (Å²) in [6, 6.07) is 0. The molecule has 16 heavy (non-hydrogen) atoms. The van der Waals surface area contributed by atoms with E-state index in [1.54, 1.807) is 0 Å². The molecule has 1 amide bonds. The second-order valence-electron chi connectivity index (χ2n) is 4.04. The molecule has 0 aliphatic carbocycles. The average Bonchev–Trinajstić information content (AvgIpc) is 2.29. The van der Waals surface area contributed by atoms with Crippen LogP contribution < -0.4 is 5.73 Å². The Labute approximate surface area is 105 Å². The van der Waals surface area contributed by atoms with Gasteiger partial charge in [-0.1, -0.05) is 58.3 Å². The number of hydrogen-bond donors (Lipinski definition) is 3. The highest BCUT2D eigenvalue weighted by atomic mass is 32.1. The van der Waals surface area contributed by atoms with Crippen LogP contribution in [0.15, 0.2) is 0 Å². The fourth-order valence-electron chi connectivity index (χ4n) is 1.61. The van der Waals surface area contributed by atoms with Crippen molar-refractivity contribution in [2.45, 2.75) is 71.1 Å². The van der Waals surface area contributed by atoms with Crippen LogP contribution >= 0.6 is 12.9 Å². The Morgan fingerprint density at radius 3 is 1.69 bits per heavy atom. The maximum Gasteiger partial charge on any atom is 0.217 e. The number of rotatable bonds is 10. The minimum Gasteiger partial charge on any atom is -0.370 e. The van der Waals surface area contributed by atoms with E-state index < -0.39 is 0 Å². The molecule has 0 atom stereocenters. The third-order valence-electron chi connectivity index (χ3n) is 2.53. The van der Waals surface area contributed by atoms with Gasteiger partial charge in [0.25, 0.3) is 0 Å². The molecule has 0 fully saturated rings. The van der Waals surface area contributed by atoms with Crippen molar-refractivity contribution in [1.82, 2.24) is 0 Å². The maximum absolute atomic E-state index is 10.4. The van der Waals surface area contributed by atoms with Gasteiger partial charge in [-0.3, -0.25) is 4.79 Å². The van der Waals surface area contributed by atoms with E-state index >= 15 is 0 Å². The SMILES string of the molecule is CCCCCCCCCCCC(N)=O.OS. The van der Waals surface area contributed by atoms with Crippen molar-refractivity contribution in [3.05, 3.63) is 0 Å². The van der Waals surface area contributed by atoms with Crippen molar-refractivity contribution in [3.8, 4) is 0 Å². The van der Waals surface area contributed by atoms with Crippen LogP contribution in [0.2, 0.25) is 0 Å². The topological polar surface area (TPSA) is 63.3 Å². The summed E-state index contributed by atoms with van der Waals surface area (Å²) in [6.07, 6.45) is 12.1. The molecule has 0 spiro atoms. The quantitative estimate of drug-likeness (QED) is 0.313. The number of carbonyl (C=O) groups is 1. The van der Waals surface area contributed by atoms with Crippen LogP contribution in [-0.4, -0.2) is 10.5 Å². The predicted molar refractivity (Wildman–Crippen MR) is 72.7 cm³/mol. The monoisotopic (exact) mass is 249 g/mol. The molecule has 3 nitrogen and oxygen atoms in total. The van der Waals surface area contributed by atoms with Crippen molar-refractivity contribution in [2.24, 2.45) is 5.73 Å². The lowest BCUT2D eigenvalue weighted by atomic mass is 10.1. The molecule has 0 bridgehead atoms. The van der Waals surface area contributed by atoms with Gasteiger partial charge in [-0.25, -0.2) is 0 Å². The number of thiol groups is 1. The Hall–Kier alpha value is -0.220. The van der Waals surface area contributed by atoms with E-state index in [0.29, 0.717) is 6.42 Å². The molecular weight excluding hydrogens is 222 g/mol. The summed E-state index contributed by atoms with van der Waals surface area (Å²) >= 11 is 2.53. The van der Waals surface area contributed by atoms with Crippen LogP contribution in [0.25, 0.3) is 0 Å². The largest absolute Gasteiger partial charge is 0.370 e. The molecule has 4 heteroatoms. The number of unbranched alkanes of at least 4 members (excludes halogenated alkanes) is 8. The van der Waals surface area contributed by atoms with E-state index in [1.165, 1.54) is 44.9 Å². The first-order valence-electron chi connectivity index (χ1n) is 6.25. The first kappa shape index (κ1) is 18.2. The van der Waals surface area contributed by atoms with Crippen LogP contribution in [0.3, 0.4) is 0 Å². The Bertz CT molecular complexity index is 143. The molecule has 0 aromatic carbocycles.